The second kappa shape index (κ2) is 9.86. The molecule has 0 unspecified atom stereocenters. The molecule has 5 rings (SSSR count). The minimum absolute atomic E-state index is 0.0606. The van der Waals surface area contributed by atoms with Gasteiger partial charge in [0.1, 0.15) is 11.6 Å². The summed E-state index contributed by atoms with van der Waals surface area (Å²) < 4.78 is 63.2. The number of fused-ring (bicyclic) bond motifs is 1. The number of hydrogen-bond acceptors (Lipinski definition) is 5. The highest BCUT2D eigenvalue weighted by atomic mass is 19.4. The third kappa shape index (κ3) is 5.05. The summed E-state index contributed by atoms with van der Waals surface area (Å²) in [6.07, 6.45) is -4.76. The van der Waals surface area contributed by atoms with E-state index in [2.05, 4.69) is 20.5 Å². The number of alkyl halides is 3. The molecule has 39 heavy (non-hydrogen) atoms. The highest BCUT2D eigenvalue weighted by molar-refractivity contribution is 6.04. The number of nitrogens with one attached hydrogen (secondary N) is 1. The van der Waals surface area contributed by atoms with Crippen LogP contribution in [0.25, 0.3) is 16.9 Å². The molecule has 1 N–H and O–H groups in total. The molecule has 8 nitrogen and oxygen atoms in total. The van der Waals surface area contributed by atoms with Crippen LogP contribution >= 0.6 is 0 Å². The Labute approximate surface area is 219 Å². The van der Waals surface area contributed by atoms with Crippen molar-refractivity contribution < 1.29 is 27.1 Å². The summed E-state index contributed by atoms with van der Waals surface area (Å²) >= 11 is 0. The van der Waals surface area contributed by atoms with Gasteiger partial charge in [-0.3, -0.25) is 9.48 Å². The molecule has 0 bridgehead atoms. The number of methoxy groups -OCH3 is 1. The van der Waals surface area contributed by atoms with E-state index in [1.807, 2.05) is 0 Å². The van der Waals surface area contributed by atoms with Crippen molar-refractivity contribution in [1.29, 1.82) is 0 Å². The summed E-state index contributed by atoms with van der Waals surface area (Å²) in [4.78, 5) is 17.4. The zero-order valence-corrected chi connectivity index (χ0v) is 21.0. The number of ether oxygens (including phenoxy) is 1. The number of carbonyl (C=O) groups is 1. The summed E-state index contributed by atoms with van der Waals surface area (Å²) in [6, 6.07) is 14.7. The van der Waals surface area contributed by atoms with Gasteiger partial charge in [-0.1, -0.05) is 18.2 Å². The quantitative estimate of drug-likeness (QED) is 0.281. The van der Waals surface area contributed by atoms with E-state index in [0.29, 0.717) is 38.5 Å². The van der Waals surface area contributed by atoms with E-state index in [1.165, 1.54) is 23.9 Å². The minimum atomic E-state index is -4.76. The lowest BCUT2D eigenvalue weighted by molar-refractivity contribution is -0.142. The fourth-order valence-electron chi connectivity index (χ4n) is 4.19. The van der Waals surface area contributed by atoms with Crippen molar-refractivity contribution in [2.75, 3.05) is 12.4 Å². The molecule has 0 radical (unpaired) electrons. The Hall–Kier alpha value is -4.74. The first kappa shape index (κ1) is 25.9. The van der Waals surface area contributed by atoms with Gasteiger partial charge < -0.3 is 10.1 Å². The van der Waals surface area contributed by atoms with Crippen molar-refractivity contribution in [2.45, 2.75) is 26.6 Å². The number of benzene rings is 2. The zero-order valence-electron chi connectivity index (χ0n) is 21.0. The Morgan fingerprint density at radius 3 is 2.41 bits per heavy atom. The molecule has 0 aliphatic heterocycles. The average Bonchev–Trinajstić information content (AvgIpc) is 3.45. The molecule has 5 aromatic rings. The van der Waals surface area contributed by atoms with Gasteiger partial charge >= 0.3 is 6.18 Å². The van der Waals surface area contributed by atoms with Crippen LogP contribution in [-0.2, 0) is 12.7 Å². The predicted molar refractivity (Wildman–Crippen MR) is 135 cm³/mol. The maximum atomic E-state index is 14.1. The molecule has 0 spiro atoms. The number of hydrogen-bond donors (Lipinski definition) is 1. The van der Waals surface area contributed by atoms with E-state index in [9.17, 15) is 22.4 Å². The van der Waals surface area contributed by atoms with Crippen LogP contribution in [0.4, 0.5) is 23.2 Å². The average molecular weight is 539 g/mol. The number of amides is 1. The highest BCUT2D eigenvalue weighted by Gasteiger charge is 2.36. The van der Waals surface area contributed by atoms with Crippen LogP contribution in [0.3, 0.4) is 0 Å². The molecule has 0 aliphatic carbocycles. The van der Waals surface area contributed by atoms with E-state index >= 15 is 0 Å². The molecule has 0 atom stereocenters. The molecular weight excluding hydrogens is 516 g/mol. The van der Waals surface area contributed by atoms with Gasteiger partial charge in [0, 0.05) is 17.2 Å². The molecule has 1 amide bonds. The number of halogens is 4. The third-order valence-electron chi connectivity index (χ3n) is 6.23. The summed E-state index contributed by atoms with van der Waals surface area (Å²) in [5, 5.41) is 11.0. The first-order valence-electron chi connectivity index (χ1n) is 11.8. The summed E-state index contributed by atoms with van der Waals surface area (Å²) in [7, 11) is 1.48. The van der Waals surface area contributed by atoms with Gasteiger partial charge in [0.2, 0.25) is 0 Å². The van der Waals surface area contributed by atoms with Crippen molar-refractivity contribution in [3.63, 3.8) is 0 Å². The number of aromatic nitrogens is 5. The fourth-order valence-corrected chi connectivity index (χ4v) is 4.19. The lowest BCUT2D eigenvalue weighted by Crippen LogP contribution is -2.16. The molecule has 0 fully saturated rings. The van der Waals surface area contributed by atoms with Crippen LogP contribution in [0.1, 0.15) is 33.1 Å². The van der Waals surface area contributed by atoms with E-state index in [1.54, 1.807) is 56.3 Å². The number of aryl methyl sites for hydroxylation is 1. The second-order valence-corrected chi connectivity index (χ2v) is 8.80. The SMILES string of the molecule is COc1ccc(-c2cc(C(F)(F)F)n3nc(C(=O)Nc4c(C)nn(Cc5ccccc5F)c4C)cc3n2)cc1. The molecular formula is C27H22F4N6O2. The second-order valence-electron chi connectivity index (χ2n) is 8.80. The standard InChI is InChI=1S/C27H22F4N6O2/c1-15-25(16(2)36(34-15)14-18-6-4-5-7-20(18)28)33-26(38)22-13-24-32-21(17-8-10-19(39-3)11-9-17)12-23(27(29,30)31)37(24)35-22/h4-13H,14H2,1-3H3,(H,33,38). The van der Waals surface area contributed by atoms with Gasteiger partial charge in [-0.25, -0.2) is 13.9 Å². The van der Waals surface area contributed by atoms with Gasteiger partial charge in [-0.05, 0) is 50.2 Å². The molecule has 0 saturated heterocycles. The van der Waals surface area contributed by atoms with Gasteiger partial charge in [0.05, 0.1) is 36.4 Å². The largest absolute Gasteiger partial charge is 0.497 e. The molecule has 3 aromatic heterocycles. The van der Waals surface area contributed by atoms with E-state index in [4.69, 9.17) is 4.74 Å². The Balaban J connectivity index is 1.48. The van der Waals surface area contributed by atoms with Crippen LogP contribution in [0.15, 0.2) is 60.7 Å². The number of nitrogens with zero attached hydrogens (tertiary/aromatic N) is 5. The first-order valence-corrected chi connectivity index (χ1v) is 11.8. The van der Waals surface area contributed by atoms with E-state index in [0.717, 1.165) is 6.07 Å². The molecule has 12 heteroatoms. The topological polar surface area (TPSA) is 86.3 Å². The lowest BCUT2D eigenvalue weighted by Gasteiger charge is -2.11. The van der Waals surface area contributed by atoms with Crippen LogP contribution in [-0.4, -0.2) is 37.4 Å². The van der Waals surface area contributed by atoms with Gasteiger partial charge in [0.15, 0.2) is 17.0 Å². The van der Waals surface area contributed by atoms with Crippen LogP contribution < -0.4 is 10.1 Å². The number of carbonyl (C=O) groups excluding carboxylic acids is 1. The Kier molecular flexibility index (Phi) is 6.54. The summed E-state index contributed by atoms with van der Waals surface area (Å²) in [5.41, 5.74) is 0.777. The number of anilines is 1. The van der Waals surface area contributed by atoms with Crippen molar-refractivity contribution in [2.24, 2.45) is 0 Å². The maximum absolute atomic E-state index is 14.1. The van der Waals surface area contributed by atoms with Gasteiger partial charge in [-0.15, -0.1) is 0 Å². The molecule has 200 valence electrons. The van der Waals surface area contributed by atoms with Crippen molar-refractivity contribution in [1.82, 2.24) is 24.4 Å². The zero-order chi connectivity index (χ0) is 27.9. The Morgan fingerprint density at radius 1 is 1.03 bits per heavy atom. The van der Waals surface area contributed by atoms with Crippen LogP contribution in [0.2, 0.25) is 0 Å². The third-order valence-corrected chi connectivity index (χ3v) is 6.23. The lowest BCUT2D eigenvalue weighted by atomic mass is 10.1. The fraction of sp³-hybridized carbons (Fsp3) is 0.185. The monoisotopic (exact) mass is 538 g/mol. The van der Waals surface area contributed by atoms with Gasteiger partial charge in [0.25, 0.3) is 5.91 Å². The molecule has 0 saturated carbocycles. The van der Waals surface area contributed by atoms with Crippen molar-refractivity contribution in [3.8, 4) is 17.0 Å². The van der Waals surface area contributed by atoms with Crippen molar-refractivity contribution >= 4 is 17.2 Å². The van der Waals surface area contributed by atoms with Gasteiger partial charge in [-0.2, -0.15) is 23.4 Å². The Bertz CT molecular complexity index is 1690. The molecule has 0 aliphatic rings. The summed E-state index contributed by atoms with van der Waals surface area (Å²) in [6.45, 7) is 3.50. The minimum Gasteiger partial charge on any atom is -0.497 e. The first-order chi connectivity index (χ1) is 18.5. The Morgan fingerprint density at radius 2 is 1.74 bits per heavy atom. The van der Waals surface area contributed by atoms with E-state index < -0.39 is 17.8 Å². The summed E-state index contributed by atoms with van der Waals surface area (Å²) in [5.74, 6) is -0.583. The van der Waals surface area contributed by atoms with E-state index in [-0.39, 0.29) is 29.4 Å². The van der Waals surface area contributed by atoms with Crippen molar-refractivity contribution in [3.05, 3.63) is 94.8 Å². The molecule has 3 heterocycles. The molecule has 2 aromatic carbocycles. The maximum Gasteiger partial charge on any atom is 0.433 e. The van der Waals surface area contributed by atoms with Crippen LogP contribution in [0.5, 0.6) is 5.75 Å². The predicted octanol–water partition coefficient (Wildman–Crippen LogP) is 5.68. The van der Waals surface area contributed by atoms with Crippen LogP contribution in [0, 0.1) is 19.7 Å². The number of rotatable bonds is 6. The smallest absolute Gasteiger partial charge is 0.433 e. The highest BCUT2D eigenvalue weighted by Crippen LogP contribution is 2.33. The normalized spacial score (nSPS) is 11.7.